The van der Waals surface area contributed by atoms with Gasteiger partial charge in [0.2, 0.25) is 0 Å². The number of benzene rings is 1. The van der Waals surface area contributed by atoms with Crippen molar-refractivity contribution in [1.82, 2.24) is 9.97 Å². The highest BCUT2D eigenvalue weighted by atomic mass is 19.1. The minimum atomic E-state index is -0.249. The van der Waals surface area contributed by atoms with E-state index in [1.165, 1.54) is 12.1 Å². The summed E-state index contributed by atoms with van der Waals surface area (Å²) in [7, 11) is 0. The third kappa shape index (κ3) is 2.61. The molecule has 5 nitrogen and oxygen atoms in total. The largest absolute Gasteiger partial charge is 0.376 e. The third-order valence-corrected chi connectivity index (χ3v) is 3.28. The summed E-state index contributed by atoms with van der Waals surface area (Å²) in [6, 6.07) is 6.33. The van der Waals surface area contributed by atoms with Crippen molar-refractivity contribution in [3.8, 4) is 0 Å². The van der Waals surface area contributed by atoms with E-state index in [-0.39, 0.29) is 5.82 Å². The number of nitrogens with two attached hydrogens (primary N) is 1. The molecule has 0 atom stereocenters. The predicted octanol–water partition coefficient (Wildman–Crippen LogP) is 1.56. The quantitative estimate of drug-likeness (QED) is 0.656. The van der Waals surface area contributed by atoms with Crippen LogP contribution in [0.1, 0.15) is 22.6 Å². The maximum absolute atomic E-state index is 12.9. The lowest BCUT2D eigenvalue weighted by molar-refractivity contribution is 0.109. The fraction of sp³-hybridized carbons (Fsp3) is 0.286. The van der Waals surface area contributed by atoms with E-state index in [1.54, 1.807) is 12.1 Å². The van der Waals surface area contributed by atoms with Crippen LogP contribution in [0.15, 0.2) is 24.3 Å². The number of anilines is 1. The second-order valence-corrected chi connectivity index (χ2v) is 4.66. The van der Waals surface area contributed by atoms with Gasteiger partial charge in [0.1, 0.15) is 17.5 Å². The maximum Gasteiger partial charge on any atom is 0.149 e. The number of hydrogen-bond donors (Lipinski definition) is 2. The smallest absolute Gasteiger partial charge is 0.149 e. The van der Waals surface area contributed by atoms with E-state index in [9.17, 15) is 4.39 Å². The molecule has 0 aliphatic carbocycles. The number of rotatable bonds is 3. The molecule has 3 rings (SSSR count). The van der Waals surface area contributed by atoms with Crippen LogP contribution in [0.4, 0.5) is 10.2 Å². The molecule has 0 spiro atoms. The lowest BCUT2D eigenvalue weighted by Gasteiger charge is -2.19. The van der Waals surface area contributed by atoms with Gasteiger partial charge in [0.15, 0.2) is 0 Å². The number of nitrogens with zero attached hydrogens (tertiary/aromatic N) is 2. The molecule has 6 heteroatoms. The Morgan fingerprint density at radius 1 is 1.25 bits per heavy atom. The summed E-state index contributed by atoms with van der Waals surface area (Å²) < 4.78 is 18.3. The number of fused-ring (bicyclic) bond motifs is 1. The molecule has 104 valence electrons. The molecule has 0 bridgehead atoms. The molecular formula is C14H15FN4O. The van der Waals surface area contributed by atoms with Gasteiger partial charge in [-0.1, -0.05) is 12.1 Å². The zero-order valence-electron chi connectivity index (χ0n) is 10.9. The van der Waals surface area contributed by atoms with Crippen LogP contribution in [-0.4, -0.2) is 16.6 Å². The Kier molecular flexibility index (Phi) is 3.58. The fourth-order valence-electron chi connectivity index (χ4n) is 2.27. The fourth-order valence-corrected chi connectivity index (χ4v) is 2.27. The first-order valence-corrected chi connectivity index (χ1v) is 6.44. The van der Waals surface area contributed by atoms with Gasteiger partial charge in [-0.25, -0.2) is 20.2 Å². The van der Waals surface area contributed by atoms with Crippen LogP contribution in [0.5, 0.6) is 0 Å². The number of hydrogen-bond acceptors (Lipinski definition) is 5. The summed E-state index contributed by atoms with van der Waals surface area (Å²) in [5.41, 5.74) is 5.45. The number of hydrazine groups is 1. The van der Waals surface area contributed by atoms with Gasteiger partial charge in [-0.15, -0.1) is 0 Å². The molecular weight excluding hydrogens is 259 g/mol. The molecule has 1 aliphatic heterocycles. The van der Waals surface area contributed by atoms with Crippen molar-refractivity contribution in [3.63, 3.8) is 0 Å². The minimum absolute atomic E-state index is 0.249. The summed E-state index contributed by atoms with van der Waals surface area (Å²) in [5, 5.41) is 0. The van der Waals surface area contributed by atoms with E-state index in [1.807, 2.05) is 0 Å². The number of nitrogens with one attached hydrogen (secondary N) is 1. The number of aromatic nitrogens is 2. The molecule has 20 heavy (non-hydrogen) atoms. The lowest BCUT2D eigenvalue weighted by atomic mass is 10.1. The number of ether oxygens (including phenoxy) is 1. The summed E-state index contributed by atoms with van der Waals surface area (Å²) in [6.07, 6.45) is 1.30. The number of nitrogen functional groups attached to an aromatic ring is 1. The van der Waals surface area contributed by atoms with Crippen LogP contribution in [0.2, 0.25) is 0 Å². The maximum atomic E-state index is 12.9. The molecule has 0 radical (unpaired) electrons. The van der Waals surface area contributed by atoms with Crippen molar-refractivity contribution >= 4 is 5.82 Å². The van der Waals surface area contributed by atoms with Crippen LogP contribution < -0.4 is 11.3 Å². The first kappa shape index (κ1) is 13.0. The Hall–Kier alpha value is -2.05. The average molecular weight is 274 g/mol. The van der Waals surface area contributed by atoms with Crippen molar-refractivity contribution < 1.29 is 9.13 Å². The molecule has 1 aromatic heterocycles. The van der Waals surface area contributed by atoms with E-state index in [0.717, 1.165) is 23.2 Å². The van der Waals surface area contributed by atoms with Crippen molar-refractivity contribution in [1.29, 1.82) is 0 Å². The van der Waals surface area contributed by atoms with E-state index in [2.05, 4.69) is 15.4 Å². The van der Waals surface area contributed by atoms with Crippen molar-refractivity contribution in [3.05, 3.63) is 52.7 Å². The van der Waals surface area contributed by atoms with E-state index >= 15 is 0 Å². The normalized spacial score (nSPS) is 13.9. The van der Waals surface area contributed by atoms with E-state index in [0.29, 0.717) is 31.3 Å². The summed E-state index contributed by atoms with van der Waals surface area (Å²) in [6.45, 7) is 1.13. The summed E-state index contributed by atoms with van der Waals surface area (Å²) in [5.74, 6) is 6.54. The molecule has 3 N–H and O–H groups in total. The Morgan fingerprint density at radius 2 is 2.05 bits per heavy atom. The Bertz CT molecular complexity index is 598. The van der Waals surface area contributed by atoms with Gasteiger partial charge < -0.3 is 10.2 Å². The van der Waals surface area contributed by atoms with Crippen LogP contribution >= 0.6 is 0 Å². The zero-order valence-corrected chi connectivity index (χ0v) is 10.9. The second-order valence-electron chi connectivity index (χ2n) is 4.66. The molecule has 0 amide bonds. The monoisotopic (exact) mass is 274 g/mol. The van der Waals surface area contributed by atoms with Crippen molar-refractivity contribution in [2.24, 2.45) is 5.84 Å². The third-order valence-electron chi connectivity index (χ3n) is 3.28. The van der Waals surface area contributed by atoms with Crippen LogP contribution in [0.25, 0.3) is 0 Å². The Labute approximate surface area is 116 Å². The standard InChI is InChI=1S/C14H15FN4O/c15-10-3-1-9(2-4-10)7-13-17-12-5-6-20-8-11(12)14(18-13)19-16/h1-4H,5-8,16H2,(H,17,18,19). The molecule has 0 unspecified atom stereocenters. The first-order chi connectivity index (χ1) is 9.76. The highest BCUT2D eigenvalue weighted by Crippen LogP contribution is 2.22. The van der Waals surface area contributed by atoms with Gasteiger partial charge in [-0.05, 0) is 17.7 Å². The second kappa shape index (κ2) is 5.52. The zero-order chi connectivity index (χ0) is 13.9. The molecule has 0 fully saturated rings. The van der Waals surface area contributed by atoms with Crippen LogP contribution in [0, 0.1) is 5.82 Å². The van der Waals surface area contributed by atoms with Crippen LogP contribution in [-0.2, 0) is 24.2 Å². The molecule has 0 saturated heterocycles. The Balaban J connectivity index is 1.91. The highest BCUT2D eigenvalue weighted by molar-refractivity contribution is 5.46. The molecule has 2 aromatic rings. The topological polar surface area (TPSA) is 73.1 Å². The van der Waals surface area contributed by atoms with Crippen molar-refractivity contribution in [2.75, 3.05) is 12.0 Å². The number of halogens is 1. The first-order valence-electron chi connectivity index (χ1n) is 6.44. The van der Waals surface area contributed by atoms with Crippen LogP contribution in [0.3, 0.4) is 0 Å². The predicted molar refractivity (Wildman–Crippen MR) is 72.4 cm³/mol. The molecule has 0 saturated carbocycles. The van der Waals surface area contributed by atoms with Gasteiger partial charge in [0, 0.05) is 18.4 Å². The van der Waals surface area contributed by atoms with Gasteiger partial charge >= 0.3 is 0 Å². The lowest BCUT2D eigenvalue weighted by Crippen LogP contribution is -2.20. The summed E-state index contributed by atoms with van der Waals surface area (Å²) in [4.78, 5) is 8.96. The summed E-state index contributed by atoms with van der Waals surface area (Å²) >= 11 is 0. The Morgan fingerprint density at radius 3 is 2.80 bits per heavy atom. The molecule has 1 aromatic carbocycles. The highest BCUT2D eigenvalue weighted by Gasteiger charge is 2.17. The van der Waals surface area contributed by atoms with Gasteiger partial charge in [0.25, 0.3) is 0 Å². The van der Waals surface area contributed by atoms with Crippen molar-refractivity contribution in [2.45, 2.75) is 19.4 Å². The van der Waals surface area contributed by atoms with Gasteiger partial charge in [-0.3, -0.25) is 0 Å². The molecule has 1 aliphatic rings. The SMILES string of the molecule is NNc1nc(Cc2ccc(F)cc2)nc2c1COCC2. The molecule has 2 heterocycles. The van der Waals surface area contributed by atoms with Gasteiger partial charge in [-0.2, -0.15) is 0 Å². The average Bonchev–Trinajstić information content (AvgIpc) is 2.49. The van der Waals surface area contributed by atoms with E-state index < -0.39 is 0 Å². The minimum Gasteiger partial charge on any atom is -0.376 e. The van der Waals surface area contributed by atoms with Gasteiger partial charge in [0.05, 0.1) is 18.9 Å². The van der Waals surface area contributed by atoms with E-state index in [4.69, 9.17) is 10.6 Å².